The highest BCUT2D eigenvalue weighted by atomic mass is 16.1. The average molecular weight is 461 g/mol. The van der Waals surface area contributed by atoms with Gasteiger partial charge in [0.1, 0.15) is 0 Å². The first-order chi connectivity index (χ1) is 16.6. The number of carbonyl (C=O) groups excluding carboxylic acids is 1. The lowest BCUT2D eigenvalue weighted by Crippen LogP contribution is -2.30. The van der Waals surface area contributed by atoms with Crippen LogP contribution in [-0.4, -0.2) is 40.6 Å². The minimum atomic E-state index is -0.0922. The topological polar surface area (TPSA) is 83.3 Å². The van der Waals surface area contributed by atoms with Crippen LogP contribution >= 0.6 is 0 Å². The molecule has 0 aliphatic heterocycles. The molecule has 3 N–H and O–H groups in total. The first-order valence-corrected chi connectivity index (χ1v) is 11.9. The number of aryl methyl sites for hydroxylation is 1. The molecule has 0 saturated heterocycles. The zero-order valence-electron chi connectivity index (χ0n) is 21.0. The van der Waals surface area contributed by atoms with E-state index >= 15 is 0 Å². The van der Waals surface area contributed by atoms with E-state index in [9.17, 15) is 4.79 Å². The molecule has 0 atom stereocenters. The third-order valence-electron chi connectivity index (χ3n) is 4.74. The molecule has 0 radical (unpaired) electrons. The van der Waals surface area contributed by atoms with Gasteiger partial charge in [0.05, 0.1) is 5.69 Å². The Bertz CT molecular complexity index is 1170. The standard InChI is InChI=1S/C23H24N6O.2C2H6/c1-16-5-3-6-18(15-16)20-7-4-8-21-27-23(28-29(20)21)26-19-11-9-17(10-12-19)22(30)25-14-13-24-2;2*1-2/h3-12,15,24H,13-14H2,1-2H3,(H,25,30)(H,26,28);2*1-2H3. The van der Waals surface area contributed by atoms with Crippen molar-refractivity contribution >= 4 is 23.2 Å². The Morgan fingerprint density at radius 2 is 1.62 bits per heavy atom. The normalized spacial score (nSPS) is 9.94. The van der Waals surface area contributed by atoms with E-state index in [-0.39, 0.29) is 5.91 Å². The van der Waals surface area contributed by atoms with Gasteiger partial charge in [-0.15, -0.1) is 5.10 Å². The zero-order chi connectivity index (χ0) is 24.9. The molecule has 7 heteroatoms. The molecule has 0 spiro atoms. The van der Waals surface area contributed by atoms with Crippen LogP contribution in [0.2, 0.25) is 0 Å². The SMILES string of the molecule is CC.CC.CNCCNC(=O)c1ccc(Nc2nc3cccc(-c4cccc(C)c4)n3n2)cc1. The van der Waals surface area contributed by atoms with Crippen molar-refractivity contribution in [2.24, 2.45) is 0 Å². The number of anilines is 2. The number of hydrogen-bond donors (Lipinski definition) is 3. The molecule has 0 unspecified atom stereocenters. The quantitative estimate of drug-likeness (QED) is 0.319. The van der Waals surface area contributed by atoms with Crippen LogP contribution in [0, 0.1) is 6.92 Å². The highest BCUT2D eigenvalue weighted by Gasteiger charge is 2.10. The summed E-state index contributed by atoms with van der Waals surface area (Å²) in [4.78, 5) is 16.7. The van der Waals surface area contributed by atoms with Crippen LogP contribution in [0.4, 0.5) is 11.6 Å². The van der Waals surface area contributed by atoms with Crippen LogP contribution in [0.15, 0.2) is 66.7 Å². The fourth-order valence-electron chi connectivity index (χ4n) is 3.22. The Kier molecular flexibility index (Phi) is 10.7. The number of likely N-dealkylation sites (N-methyl/N-ethyl adjacent to an activating group) is 1. The third-order valence-corrected chi connectivity index (χ3v) is 4.74. The minimum Gasteiger partial charge on any atom is -0.351 e. The van der Waals surface area contributed by atoms with Gasteiger partial charge in [0.15, 0.2) is 5.65 Å². The molecule has 34 heavy (non-hydrogen) atoms. The molecule has 7 nitrogen and oxygen atoms in total. The molecule has 2 heterocycles. The monoisotopic (exact) mass is 460 g/mol. The van der Waals surface area contributed by atoms with Crippen molar-refractivity contribution < 1.29 is 4.79 Å². The maximum Gasteiger partial charge on any atom is 0.251 e. The molecule has 0 bridgehead atoms. The maximum absolute atomic E-state index is 12.1. The largest absolute Gasteiger partial charge is 0.351 e. The summed E-state index contributed by atoms with van der Waals surface area (Å²) >= 11 is 0. The smallest absolute Gasteiger partial charge is 0.251 e. The van der Waals surface area contributed by atoms with Crippen LogP contribution in [0.5, 0.6) is 0 Å². The van der Waals surface area contributed by atoms with Crippen molar-refractivity contribution in [3.8, 4) is 11.3 Å². The number of aromatic nitrogens is 3. The van der Waals surface area contributed by atoms with E-state index in [0.29, 0.717) is 18.1 Å². The van der Waals surface area contributed by atoms with Gasteiger partial charge in [0.25, 0.3) is 5.91 Å². The first-order valence-electron chi connectivity index (χ1n) is 11.9. The van der Waals surface area contributed by atoms with Gasteiger partial charge in [-0.25, -0.2) is 4.52 Å². The molecule has 0 fully saturated rings. The predicted molar refractivity (Wildman–Crippen MR) is 142 cm³/mol. The minimum absolute atomic E-state index is 0.0922. The molecule has 2 aromatic carbocycles. The molecule has 2 aromatic heterocycles. The van der Waals surface area contributed by atoms with E-state index in [1.807, 2.05) is 75.7 Å². The summed E-state index contributed by atoms with van der Waals surface area (Å²) in [6.45, 7) is 11.4. The van der Waals surface area contributed by atoms with Crippen molar-refractivity contribution in [3.05, 3.63) is 77.9 Å². The summed E-state index contributed by atoms with van der Waals surface area (Å²) in [5.41, 5.74) is 5.45. The molecule has 0 aliphatic carbocycles. The lowest BCUT2D eigenvalue weighted by atomic mass is 10.1. The van der Waals surface area contributed by atoms with E-state index in [0.717, 1.165) is 29.1 Å². The highest BCUT2D eigenvalue weighted by Crippen LogP contribution is 2.23. The molecule has 1 amide bonds. The number of hydrogen-bond acceptors (Lipinski definition) is 5. The first kappa shape index (κ1) is 26.5. The lowest BCUT2D eigenvalue weighted by molar-refractivity contribution is 0.0954. The fraction of sp³-hybridized carbons (Fsp3) is 0.296. The van der Waals surface area contributed by atoms with Crippen LogP contribution in [0.3, 0.4) is 0 Å². The number of nitrogens with one attached hydrogen (secondary N) is 3. The second-order valence-corrected chi connectivity index (χ2v) is 7.05. The van der Waals surface area contributed by atoms with E-state index in [4.69, 9.17) is 0 Å². The predicted octanol–water partition coefficient (Wildman–Crippen LogP) is 5.45. The van der Waals surface area contributed by atoms with Gasteiger partial charge in [-0.2, -0.15) is 4.98 Å². The molecule has 0 saturated carbocycles. The van der Waals surface area contributed by atoms with Crippen molar-refractivity contribution in [2.75, 3.05) is 25.5 Å². The molecule has 4 rings (SSSR count). The van der Waals surface area contributed by atoms with Crippen LogP contribution < -0.4 is 16.0 Å². The van der Waals surface area contributed by atoms with Gasteiger partial charge >= 0.3 is 0 Å². The van der Waals surface area contributed by atoms with Crippen LogP contribution in [0.25, 0.3) is 16.9 Å². The number of carbonyl (C=O) groups is 1. The van der Waals surface area contributed by atoms with Crippen molar-refractivity contribution in [2.45, 2.75) is 34.6 Å². The van der Waals surface area contributed by atoms with Gasteiger partial charge in [0.2, 0.25) is 5.95 Å². The summed E-state index contributed by atoms with van der Waals surface area (Å²) in [5, 5.41) is 13.7. The molecular weight excluding hydrogens is 424 g/mol. The average Bonchev–Trinajstić information content (AvgIpc) is 3.29. The Morgan fingerprint density at radius 1 is 0.912 bits per heavy atom. The number of nitrogens with zero attached hydrogens (tertiary/aromatic N) is 3. The van der Waals surface area contributed by atoms with Crippen molar-refractivity contribution in [1.29, 1.82) is 0 Å². The number of amides is 1. The van der Waals surface area contributed by atoms with Gasteiger partial charge in [-0.05, 0) is 56.4 Å². The third kappa shape index (κ3) is 6.89. The zero-order valence-corrected chi connectivity index (χ0v) is 21.0. The summed E-state index contributed by atoms with van der Waals surface area (Å²) in [5.74, 6) is 0.409. The van der Waals surface area contributed by atoms with Gasteiger partial charge in [-0.1, -0.05) is 57.5 Å². The van der Waals surface area contributed by atoms with E-state index in [1.165, 1.54) is 5.56 Å². The maximum atomic E-state index is 12.1. The van der Waals surface area contributed by atoms with Crippen molar-refractivity contribution in [3.63, 3.8) is 0 Å². The van der Waals surface area contributed by atoms with Gasteiger partial charge < -0.3 is 16.0 Å². The Balaban J connectivity index is 0.000000970. The van der Waals surface area contributed by atoms with Crippen LogP contribution in [0.1, 0.15) is 43.6 Å². The second kappa shape index (κ2) is 13.7. The summed E-state index contributed by atoms with van der Waals surface area (Å²) in [7, 11) is 1.85. The van der Waals surface area contributed by atoms with Crippen molar-refractivity contribution in [1.82, 2.24) is 25.2 Å². The highest BCUT2D eigenvalue weighted by molar-refractivity contribution is 5.94. The Hall–Kier alpha value is -3.71. The molecule has 180 valence electrons. The number of pyridine rings is 1. The number of benzene rings is 2. The molecular formula is C27H36N6O. The summed E-state index contributed by atoms with van der Waals surface area (Å²) < 4.78 is 1.83. The van der Waals surface area contributed by atoms with E-state index in [2.05, 4.69) is 51.2 Å². The Morgan fingerprint density at radius 3 is 2.29 bits per heavy atom. The molecule has 4 aromatic rings. The second-order valence-electron chi connectivity index (χ2n) is 7.05. The van der Waals surface area contributed by atoms with Crippen LogP contribution in [-0.2, 0) is 0 Å². The van der Waals surface area contributed by atoms with E-state index < -0.39 is 0 Å². The fourth-order valence-corrected chi connectivity index (χ4v) is 3.22. The van der Waals surface area contributed by atoms with E-state index in [1.54, 1.807) is 12.1 Å². The summed E-state index contributed by atoms with van der Waals surface area (Å²) in [6.07, 6.45) is 0. The van der Waals surface area contributed by atoms with Gasteiger partial charge in [0, 0.05) is 29.9 Å². The molecule has 0 aliphatic rings. The van der Waals surface area contributed by atoms with Gasteiger partial charge in [-0.3, -0.25) is 4.79 Å². The number of rotatable bonds is 7. The lowest BCUT2D eigenvalue weighted by Gasteiger charge is -2.06. The number of fused-ring (bicyclic) bond motifs is 1. The Labute approximate surface area is 202 Å². The summed E-state index contributed by atoms with van der Waals surface area (Å²) in [6, 6.07) is 21.5.